The van der Waals surface area contributed by atoms with E-state index in [1.54, 1.807) is 19.1 Å². The number of anilines is 1. The zero-order valence-corrected chi connectivity index (χ0v) is 10.6. The van der Waals surface area contributed by atoms with Crippen LogP contribution in [0, 0.1) is 5.82 Å². The first kappa shape index (κ1) is 12.6. The van der Waals surface area contributed by atoms with Gasteiger partial charge in [-0.2, -0.15) is 0 Å². The van der Waals surface area contributed by atoms with Gasteiger partial charge in [0.15, 0.2) is 0 Å². The lowest BCUT2D eigenvalue weighted by molar-refractivity contribution is -0.138. The minimum Gasteiger partial charge on any atom is -0.463 e. The molecule has 18 heavy (non-hydrogen) atoms. The van der Waals surface area contributed by atoms with E-state index in [0.29, 0.717) is 18.6 Å². The van der Waals surface area contributed by atoms with Gasteiger partial charge >= 0.3 is 5.97 Å². The fraction of sp³-hybridized carbons (Fsp3) is 0.357. The van der Waals surface area contributed by atoms with E-state index in [2.05, 4.69) is 0 Å². The number of rotatable bonds is 3. The summed E-state index contributed by atoms with van der Waals surface area (Å²) in [7, 11) is 0. The summed E-state index contributed by atoms with van der Waals surface area (Å²) in [5, 5.41) is 0. The van der Waals surface area contributed by atoms with Crippen molar-refractivity contribution in [2.24, 2.45) is 0 Å². The summed E-state index contributed by atoms with van der Waals surface area (Å²) in [6.07, 6.45) is 0.669. The number of esters is 1. The number of nitrogens with zero attached hydrogens (tertiary/aromatic N) is 1. The van der Waals surface area contributed by atoms with E-state index >= 15 is 0 Å². The molecular weight excluding hydrogens is 233 g/mol. The van der Waals surface area contributed by atoms with E-state index in [1.807, 2.05) is 11.8 Å². The number of benzene rings is 1. The van der Waals surface area contributed by atoms with Crippen LogP contribution in [0.15, 0.2) is 35.5 Å². The van der Waals surface area contributed by atoms with Gasteiger partial charge in [-0.25, -0.2) is 9.18 Å². The van der Waals surface area contributed by atoms with Crippen molar-refractivity contribution in [3.8, 4) is 0 Å². The molecule has 96 valence electrons. The number of allylic oxidation sites excluding steroid dienone is 1. The molecule has 0 saturated carbocycles. The van der Waals surface area contributed by atoms with Crippen LogP contribution in [0.3, 0.4) is 0 Å². The summed E-state index contributed by atoms with van der Waals surface area (Å²) >= 11 is 0. The second-order valence-corrected chi connectivity index (χ2v) is 4.16. The maximum Gasteiger partial charge on any atom is 0.335 e. The van der Waals surface area contributed by atoms with Gasteiger partial charge in [0.05, 0.1) is 12.2 Å². The number of hydrogen-bond acceptors (Lipinski definition) is 3. The van der Waals surface area contributed by atoms with Crippen LogP contribution in [0.1, 0.15) is 20.3 Å². The number of ether oxygens (including phenoxy) is 1. The summed E-state index contributed by atoms with van der Waals surface area (Å²) < 4.78 is 17.9. The summed E-state index contributed by atoms with van der Waals surface area (Å²) in [5.74, 6) is -0.509. The zero-order chi connectivity index (χ0) is 13.1. The Hall–Kier alpha value is -1.84. The SMILES string of the molecule is CCOC(=O)C1=C(C)N(c2ccc(F)cc2)CC1. The molecule has 1 aliphatic heterocycles. The van der Waals surface area contributed by atoms with E-state index < -0.39 is 0 Å². The number of carbonyl (C=O) groups excluding carboxylic acids is 1. The fourth-order valence-electron chi connectivity index (χ4n) is 2.15. The molecule has 2 rings (SSSR count). The summed E-state index contributed by atoms with van der Waals surface area (Å²) in [4.78, 5) is 13.7. The summed E-state index contributed by atoms with van der Waals surface area (Å²) in [6.45, 7) is 4.79. The molecule has 3 nitrogen and oxygen atoms in total. The predicted molar refractivity (Wildman–Crippen MR) is 67.7 cm³/mol. The first-order valence-electron chi connectivity index (χ1n) is 6.03. The number of carbonyl (C=O) groups is 1. The third kappa shape index (κ3) is 2.37. The topological polar surface area (TPSA) is 29.5 Å². The van der Waals surface area contributed by atoms with E-state index in [4.69, 9.17) is 4.74 Å². The first-order chi connectivity index (χ1) is 8.63. The van der Waals surface area contributed by atoms with Crippen LogP contribution in [-0.2, 0) is 9.53 Å². The molecule has 0 saturated heterocycles. The highest BCUT2D eigenvalue weighted by Crippen LogP contribution is 2.29. The van der Waals surface area contributed by atoms with Crippen molar-refractivity contribution >= 4 is 11.7 Å². The normalized spacial score (nSPS) is 15.2. The molecule has 0 aliphatic carbocycles. The van der Waals surface area contributed by atoms with Gasteiger partial charge in [-0.3, -0.25) is 0 Å². The van der Waals surface area contributed by atoms with Gasteiger partial charge in [-0.05, 0) is 44.5 Å². The Balaban J connectivity index is 2.22. The molecule has 0 N–H and O–H groups in total. The van der Waals surface area contributed by atoms with Gasteiger partial charge in [0.2, 0.25) is 0 Å². The van der Waals surface area contributed by atoms with Crippen LogP contribution < -0.4 is 4.90 Å². The predicted octanol–water partition coefficient (Wildman–Crippen LogP) is 2.87. The van der Waals surface area contributed by atoms with Gasteiger partial charge in [-0.15, -0.1) is 0 Å². The van der Waals surface area contributed by atoms with Gasteiger partial charge in [0.25, 0.3) is 0 Å². The molecule has 0 fully saturated rings. The van der Waals surface area contributed by atoms with E-state index in [9.17, 15) is 9.18 Å². The maximum atomic E-state index is 12.9. The van der Waals surface area contributed by atoms with Crippen molar-refractivity contribution in [1.82, 2.24) is 0 Å². The van der Waals surface area contributed by atoms with E-state index in [0.717, 1.165) is 17.9 Å². The van der Waals surface area contributed by atoms with Crippen LogP contribution in [0.4, 0.5) is 10.1 Å². The van der Waals surface area contributed by atoms with Gasteiger partial charge in [-0.1, -0.05) is 0 Å². The van der Waals surface area contributed by atoms with E-state index in [-0.39, 0.29) is 11.8 Å². The Bertz CT molecular complexity index is 479. The minimum atomic E-state index is -0.259. The average molecular weight is 249 g/mol. The zero-order valence-electron chi connectivity index (χ0n) is 10.6. The lowest BCUT2D eigenvalue weighted by Gasteiger charge is -2.20. The Morgan fingerprint density at radius 2 is 2.06 bits per heavy atom. The van der Waals surface area contributed by atoms with Gasteiger partial charge in [0.1, 0.15) is 5.82 Å². The quantitative estimate of drug-likeness (QED) is 0.771. The largest absolute Gasteiger partial charge is 0.463 e. The van der Waals surface area contributed by atoms with Crippen molar-refractivity contribution in [2.45, 2.75) is 20.3 Å². The molecular formula is C14H16FNO2. The molecule has 0 bridgehead atoms. The highest BCUT2D eigenvalue weighted by molar-refractivity contribution is 5.91. The molecule has 0 atom stereocenters. The second-order valence-electron chi connectivity index (χ2n) is 4.16. The van der Waals surface area contributed by atoms with Crippen molar-refractivity contribution in [3.05, 3.63) is 41.4 Å². The van der Waals surface area contributed by atoms with Crippen LogP contribution in [0.2, 0.25) is 0 Å². The Morgan fingerprint density at radius 1 is 1.39 bits per heavy atom. The molecule has 0 spiro atoms. The van der Waals surface area contributed by atoms with Crippen LogP contribution in [0.25, 0.3) is 0 Å². The van der Waals surface area contributed by atoms with Crippen molar-refractivity contribution in [2.75, 3.05) is 18.1 Å². The second kappa shape index (κ2) is 5.21. The summed E-state index contributed by atoms with van der Waals surface area (Å²) in [6, 6.07) is 6.27. The third-order valence-electron chi connectivity index (χ3n) is 3.09. The molecule has 1 heterocycles. The van der Waals surface area contributed by atoms with Crippen molar-refractivity contribution in [1.29, 1.82) is 0 Å². The molecule has 0 aromatic heterocycles. The molecule has 1 aromatic carbocycles. The Labute approximate surface area is 106 Å². The summed E-state index contributed by atoms with van der Waals surface area (Å²) in [5.41, 5.74) is 2.49. The minimum absolute atomic E-state index is 0.250. The van der Waals surface area contributed by atoms with Crippen molar-refractivity contribution < 1.29 is 13.9 Å². The standard InChI is InChI=1S/C14H16FNO2/c1-3-18-14(17)13-8-9-16(10(13)2)12-6-4-11(15)5-7-12/h4-7H,3,8-9H2,1-2H3. The molecule has 0 amide bonds. The highest BCUT2D eigenvalue weighted by Gasteiger charge is 2.25. The smallest absolute Gasteiger partial charge is 0.335 e. The maximum absolute atomic E-state index is 12.9. The monoisotopic (exact) mass is 249 g/mol. The van der Waals surface area contributed by atoms with Crippen molar-refractivity contribution in [3.63, 3.8) is 0 Å². The lowest BCUT2D eigenvalue weighted by Crippen LogP contribution is -2.17. The van der Waals surface area contributed by atoms with Crippen LogP contribution in [0.5, 0.6) is 0 Å². The molecule has 4 heteroatoms. The molecule has 0 radical (unpaired) electrons. The number of halogens is 1. The molecule has 1 aliphatic rings. The molecule has 1 aromatic rings. The van der Waals surface area contributed by atoms with Gasteiger partial charge < -0.3 is 9.64 Å². The Kier molecular flexibility index (Phi) is 3.65. The Morgan fingerprint density at radius 3 is 2.67 bits per heavy atom. The fourth-order valence-corrected chi connectivity index (χ4v) is 2.15. The average Bonchev–Trinajstić information content (AvgIpc) is 2.73. The lowest BCUT2D eigenvalue weighted by atomic mass is 10.2. The van der Waals surface area contributed by atoms with Gasteiger partial charge in [0, 0.05) is 17.9 Å². The van der Waals surface area contributed by atoms with E-state index in [1.165, 1.54) is 12.1 Å². The first-order valence-corrected chi connectivity index (χ1v) is 6.03. The number of hydrogen-bond donors (Lipinski definition) is 0. The third-order valence-corrected chi connectivity index (χ3v) is 3.09. The highest BCUT2D eigenvalue weighted by atomic mass is 19.1. The van der Waals surface area contributed by atoms with Crippen LogP contribution in [-0.4, -0.2) is 19.1 Å². The van der Waals surface area contributed by atoms with Crippen LogP contribution >= 0.6 is 0 Å². The molecule has 0 unspecified atom stereocenters.